The summed E-state index contributed by atoms with van der Waals surface area (Å²) in [6, 6.07) is 0. The summed E-state index contributed by atoms with van der Waals surface area (Å²) in [4.78, 5) is 14.2. The lowest BCUT2D eigenvalue weighted by molar-refractivity contribution is -0.173. The maximum Gasteiger partial charge on any atom is 0.228 e. The lowest BCUT2D eigenvalue weighted by Gasteiger charge is -2.44. The van der Waals surface area contributed by atoms with Crippen LogP contribution in [0.4, 0.5) is 0 Å². The van der Waals surface area contributed by atoms with Gasteiger partial charge in [-0.25, -0.2) is 0 Å². The van der Waals surface area contributed by atoms with Crippen LogP contribution < -0.4 is 0 Å². The second-order valence-electron chi connectivity index (χ2n) is 6.11. The van der Waals surface area contributed by atoms with Crippen LogP contribution >= 0.6 is 0 Å². The number of ether oxygens (including phenoxy) is 1. The third-order valence-corrected chi connectivity index (χ3v) is 3.44. The van der Waals surface area contributed by atoms with Gasteiger partial charge in [0, 0.05) is 18.5 Å². The van der Waals surface area contributed by atoms with E-state index in [-0.39, 0.29) is 29.6 Å². The quantitative estimate of drug-likeness (QED) is 0.815. The Labute approximate surface area is 104 Å². The molecule has 0 bridgehead atoms. The van der Waals surface area contributed by atoms with Gasteiger partial charge in [-0.1, -0.05) is 20.8 Å². The number of hydrogen-bond donors (Lipinski definition) is 1. The van der Waals surface area contributed by atoms with E-state index in [9.17, 15) is 9.90 Å². The van der Waals surface area contributed by atoms with Crippen molar-refractivity contribution in [2.45, 2.75) is 52.7 Å². The fourth-order valence-corrected chi connectivity index (χ4v) is 2.12. The summed E-state index contributed by atoms with van der Waals surface area (Å²) in [6.07, 6.45) is 0.545. The first-order valence-electron chi connectivity index (χ1n) is 6.30. The van der Waals surface area contributed by atoms with Crippen LogP contribution in [0.5, 0.6) is 0 Å². The molecule has 1 rings (SSSR count). The standard InChI is InChI=1S/C13H25NO3/c1-6-12(2,3)11(16)14-7-10(8-15)17-13(4,5)9-14/h10,15H,6-9H2,1-5H3. The molecule has 1 aliphatic rings. The average Bonchev–Trinajstić information content (AvgIpc) is 2.25. The number of aliphatic hydroxyl groups is 1. The van der Waals surface area contributed by atoms with Gasteiger partial charge in [0.25, 0.3) is 0 Å². The van der Waals surface area contributed by atoms with E-state index in [1.165, 1.54) is 0 Å². The molecule has 4 heteroatoms. The maximum atomic E-state index is 12.4. The van der Waals surface area contributed by atoms with Gasteiger partial charge >= 0.3 is 0 Å². The Bertz CT molecular complexity index is 286. The summed E-state index contributed by atoms with van der Waals surface area (Å²) < 4.78 is 5.71. The molecule has 0 aromatic carbocycles. The molecule has 1 amide bonds. The highest BCUT2D eigenvalue weighted by atomic mass is 16.5. The Hall–Kier alpha value is -0.610. The van der Waals surface area contributed by atoms with Crippen molar-refractivity contribution in [1.29, 1.82) is 0 Å². The summed E-state index contributed by atoms with van der Waals surface area (Å²) in [5.74, 6) is 0.148. The molecule has 1 atom stereocenters. The van der Waals surface area contributed by atoms with Gasteiger partial charge in [0.05, 0.1) is 18.3 Å². The fourth-order valence-electron chi connectivity index (χ4n) is 2.12. The lowest BCUT2D eigenvalue weighted by Crippen LogP contribution is -2.57. The van der Waals surface area contributed by atoms with Crippen molar-refractivity contribution in [1.82, 2.24) is 4.90 Å². The largest absolute Gasteiger partial charge is 0.394 e. The van der Waals surface area contributed by atoms with Gasteiger partial charge in [0.2, 0.25) is 5.91 Å². The van der Waals surface area contributed by atoms with E-state index in [4.69, 9.17) is 4.74 Å². The number of carbonyl (C=O) groups excluding carboxylic acids is 1. The predicted octanol–water partition coefficient (Wildman–Crippen LogP) is 1.42. The minimum Gasteiger partial charge on any atom is -0.394 e. The highest BCUT2D eigenvalue weighted by Crippen LogP contribution is 2.28. The molecule has 1 fully saturated rings. The van der Waals surface area contributed by atoms with Gasteiger partial charge in [-0.15, -0.1) is 0 Å². The Morgan fingerprint density at radius 1 is 1.53 bits per heavy atom. The maximum absolute atomic E-state index is 12.4. The molecule has 1 saturated heterocycles. The van der Waals surface area contributed by atoms with Crippen molar-refractivity contribution in [2.75, 3.05) is 19.7 Å². The Morgan fingerprint density at radius 3 is 2.59 bits per heavy atom. The average molecular weight is 243 g/mol. The first kappa shape index (κ1) is 14.5. The molecular weight excluding hydrogens is 218 g/mol. The van der Waals surface area contributed by atoms with Gasteiger partial charge in [-0.3, -0.25) is 4.79 Å². The number of morpholine rings is 1. The van der Waals surface area contributed by atoms with Crippen LogP contribution in [0.25, 0.3) is 0 Å². The molecule has 0 aliphatic carbocycles. The third-order valence-electron chi connectivity index (χ3n) is 3.44. The van der Waals surface area contributed by atoms with Gasteiger partial charge in [0.1, 0.15) is 0 Å². The number of aliphatic hydroxyl groups excluding tert-OH is 1. The van der Waals surface area contributed by atoms with Crippen molar-refractivity contribution >= 4 is 5.91 Å². The molecule has 1 unspecified atom stereocenters. The molecule has 1 aliphatic heterocycles. The zero-order chi connectivity index (χ0) is 13.3. The zero-order valence-corrected chi connectivity index (χ0v) is 11.6. The SMILES string of the molecule is CCC(C)(C)C(=O)N1CC(CO)OC(C)(C)C1. The first-order valence-corrected chi connectivity index (χ1v) is 6.30. The minimum atomic E-state index is -0.384. The Balaban J connectivity index is 2.80. The number of nitrogens with zero attached hydrogens (tertiary/aromatic N) is 1. The highest BCUT2D eigenvalue weighted by molar-refractivity contribution is 5.82. The normalized spacial score (nSPS) is 24.8. The second-order valence-corrected chi connectivity index (χ2v) is 6.11. The Morgan fingerprint density at radius 2 is 2.12 bits per heavy atom. The van der Waals surface area contributed by atoms with Gasteiger partial charge in [-0.05, 0) is 20.3 Å². The third kappa shape index (κ3) is 3.42. The van der Waals surface area contributed by atoms with Crippen molar-refractivity contribution in [3.63, 3.8) is 0 Å². The van der Waals surface area contributed by atoms with Crippen molar-refractivity contribution in [2.24, 2.45) is 5.41 Å². The molecule has 1 N–H and O–H groups in total. The molecule has 4 nitrogen and oxygen atoms in total. The van der Waals surface area contributed by atoms with Crippen molar-refractivity contribution < 1.29 is 14.6 Å². The number of hydrogen-bond acceptors (Lipinski definition) is 3. The van der Waals surface area contributed by atoms with E-state index in [0.717, 1.165) is 6.42 Å². The Kier molecular flexibility index (Phi) is 4.20. The summed E-state index contributed by atoms with van der Waals surface area (Å²) in [5.41, 5.74) is -0.724. The summed E-state index contributed by atoms with van der Waals surface area (Å²) in [6.45, 7) is 10.9. The molecule has 0 radical (unpaired) electrons. The van der Waals surface area contributed by atoms with E-state index in [1.807, 2.05) is 39.5 Å². The van der Waals surface area contributed by atoms with Crippen molar-refractivity contribution in [3.05, 3.63) is 0 Å². The predicted molar refractivity (Wildman–Crippen MR) is 66.7 cm³/mol. The van der Waals surface area contributed by atoms with E-state index in [1.54, 1.807) is 0 Å². The smallest absolute Gasteiger partial charge is 0.228 e. The summed E-state index contributed by atoms with van der Waals surface area (Å²) >= 11 is 0. The summed E-state index contributed by atoms with van der Waals surface area (Å²) in [5, 5.41) is 9.22. The van der Waals surface area contributed by atoms with E-state index < -0.39 is 0 Å². The van der Waals surface area contributed by atoms with Crippen LogP contribution in [0.3, 0.4) is 0 Å². The van der Waals surface area contributed by atoms with Crippen LogP contribution in [-0.4, -0.2) is 47.3 Å². The van der Waals surface area contributed by atoms with Gasteiger partial charge in [0.15, 0.2) is 0 Å². The molecular formula is C13H25NO3. The van der Waals surface area contributed by atoms with E-state index in [2.05, 4.69) is 0 Å². The molecule has 0 aromatic rings. The monoisotopic (exact) mass is 243 g/mol. The number of carbonyl (C=O) groups is 1. The van der Waals surface area contributed by atoms with Crippen LogP contribution in [0.15, 0.2) is 0 Å². The first-order chi connectivity index (χ1) is 7.72. The van der Waals surface area contributed by atoms with Crippen LogP contribution in [-0.2, 0) is 9.53 Å². The molecule has 0 aromatic heterocycles. The van der Waals surface area contributed by atoms with Crippen LogP contribution in [0, 0.1) is 5.41 Å². The summed E-state index contributed by atoms with van der Waals surface area (Å²) in [7, 11) is 0. The molecule has 17 heavy (non-hydrogen) atoms. The lowest BCUT2D eigenvalue weighted by atomic mass is 9.87. The van der Waals surface area contributed by atoms with Crippen molar-refractivity contribution in [3.8, 4) is 0 Å². The van der Waals surface area contributed by atoms with E-state index in [0.29, 0.717) is 13.1 Å². The minimum absolute atomic E-state index is 0.0419. The van der Waals surface area contributed by atoms with Gasteiger partial charge < -0.3 is 14.7 Å². The van der Waals surface area contributed by atoms with E-state index >= 15 is 0 Å². The highest BCUT2D eigenvalue weighted by Gasteiger charge is 2.39. The number of amides is 1. The molecule has 100 valence electrons. The number of rotatable bonds is 3. The van der Waals surface area contributed by atoms with Gasteiger partial charge in [-0.2, -0.15) is 0 Å². The van der Waals surface area contributed by atoms with Crippen LogP contribution in [0.1, 0.15) is 41.0 Å². The zero-order valence-electron chi connectivity index (χ0n) is 11.6. The molecule has 0 spiro atoms. The van der Waals surface area contributed by atoms with Crippen LogP contribution in [0.2, 0.25) is 0 Å². The molecule has 0 saturated carbocycles. The molecule has 1 heterocycles. The second kappa shape index (κ2) is 4.94. The topological polar surface area (TPSA) is 49.8 Å². The fraction of sp³-hybridized carbons (Fsp3) is 0.923.